The number of anilines is 2. The number of benzene rings is 2. The minimum Gasteiger partial charge on any atom is -0.497 e. The van der Waals surface area contributed by atoms with E-state index < -0.39 is 6.10 Å². The summed E-state index contributed by atoms with van der Waals surface area (Å²) in [6.45, 7) is -0.0200. The van der Waals surface area contributed by atoms with Crippen molar-refractivity contribution in [2.75, 3.05) is 31.3 Å². The Morgan fingerprint density at radius 2 is 2.05 bits per heavy atom. The van der Waals surface area contributed by atoms with Gasteiger partial charge in [0.25, 0.3) is 0 Å². The number of rotatable bonds is 6. The first kappa shape index (κ1) is 15.2. The monoisotopic (exact) mass is 288 g/mol. The van der Waals surface area contributed by atoms with Gasteiger partial charge in [-0.2, -0.15) is 0 Å². The quantitative estimate of drug-likeness (QED) is 0.608. The van der Waals surface area contributed by atoms with E-state index in [1.807, 2.05) is 36.4 Å². The van der Waals surface area contributed by atoms with Crippen molar-refractivity contribution in [3.63, 3.8) is 0 Å². The predicted octanol–water partition coefficient (Wildman–Crippen LogP) is 1.71. The summed E-state index contributed by atoms with van der Waals surface area (Å²) in [7, 11) is 1.62. The van der Waals surface area contributed by atoms with E-state index in [1.165, 1.54) is 0 Å². The van der Waals surface area contributed by atoms with Gasteiger partial charge in [-0.1, -0.05) is 12.1 Å². The topological polar surface area (TPSA) is 87.7 Å². The average molecular weight is 288 g/mol. The van der Waals surface area contributed by atoms with Crippen LogP contribution in [0.1, 0.15) is 0 Å². The molecule has 0 saturated heterocycles. The van der Waals surface area contributed by atoms with E-state index in [-0.39, 0.29) is 13.2 Å². The minimum absolute atomic E-state index is 0.261. The molecule has 0 amide bonds. The third-order valence-electron chi connectivity index (χ3n) is 3.16. The Labute approximate surface area is 124 Å². The van der Waals surface area contributed by atoms with Crippen LogP contribution in [0.5, 0.6) is 5.75 Å². The second kappa shape index (κ2) is 6.97. The summed E-state index contributed by atoms with van der Waals surface area (Å²) in [5.74, 6) is 0.760. The molecule has 0 aromatic heterocycles. The number of aliphatic hydroxyl groups excluding tert-OH is 2. The lowest BCUT2D eigenvalue weighted by molar-refractivity contribution is 0.105. The van der Waals surface area contributed by atoms with Crippen molar-refractivity contribution >= 4 is 11.4 Å². The van der Waals surface area contributed by atoms with Crippen LogP contribution < -0.4 is 15.8 Å². The van der Waals surface area contributed by atoms with Crippen LogP contribution in [-0.4, -0.2) is 36.6 Å². The van der Waals surface area contributed by atoms with Crippen LogP contribution in [0.4, 0.5) is 11.4 Å². The first-order chi connectivity index (χ1) is 10.1. The van der Waals surface area contributed by atoms with Crippen LogP contribution >= 0.6 is 0 Å². The van der Waals surface area contributed by atoms with Crippen molar-refractivity contribution in [3.05, 3.63) is 42.5 Å². The maximum absolute atomic E-state index is 9.46. The Morgan fingerprint density at radius 1 is 1.24 bits per heavy atom. The van der Waals surface area contributed by atoms with Gasteiger partial charge in [0, 0.05) is 23.5 Å². The molecule has 0 saturated carbocycles. The molecule has 1 atom stereocenters. The standard InChI is InChI=1S/C16H20N2O3/c1-21-14-4-2-3-11(7-14)15-8-12(17)5-6-16(15)18-9-13(20)10-19/h2-8,13,18-20H,9-10,17H2,1H3. The number of nitrogen functional groups attached to an aromatic ring is 1. The van der Waals surface area contributed by atoms with E-state index in [4.69, 9.17) is 15.6 Å². The van der Waals surface area contributed by atoms with E-state index in [0.29, 0.717) is 5.69 Å². The van der Waals surface area contributed by atoms with Crippen LogP contribution in [-0.2, 0) is 0 Å². The highest BCUT2D eigenvalue weighted by molar-refractivity contribution is 5.81. The molecule has 0 fully saturated rings. The molecule has 5 N–H and O–H groups in total. The molecule has 0 spiro atoms. The summed E-state index contributed by atoms with van der Waals surface area (Å²) in [6.07, 6.45) is -0.805. The second-order valence-corrected chi connectivity index (χ2v) is 4.75. The first-order valence-corrected chi connectivity index (χ1v) is 6.70. The summed E-state index contributed by atoms with van der Waals surface area (Å²) in [5, 5.41) is 21.5. The molecule has 1 unspecified atom stereocenters. The molecule has 2 aromatic rings. The van der Waals surface area contributed by atoms with Crippen molar-refractivity contribution in [1.29, 1.82) is 0 Å². The number of nitrogens with two attached hydrogens (primary N) is 1. The Morgan fingerprint density at radius 3 is 2.76 bits per heavy atom. The van der Waals surface area contributed by atoms with Crippen molar-refractivity contribution < 1.29 is 14.9 Å². The van der Waals surface area contributed by atoms with Crippen molar-refractivity contribution in [1.82, 2.24) is 0 Å². The van der Waals surface area contributed by atoms with E-state index >= 15 is 0 Å². The minimum atomic E-state index is -0.805. The van der Waals surface area contributed by atoms with Gasteiger partial charge in [-0.25, -0.2) is 0 Å². The Bertz CT molecular complexity index is 602. The fraction of sp³-hybridized carbons (Fsp3) is 0.250. The zero-order valence-electron chi connectivity index (χ0n) is 11.9. The molecule has 0 radical (unpaired) electrons. The molecule has 2 aromatic carbocycles. The van der Waals surface area contributed by atoms with Crippen molar-refractivity contribution in [2.24, 2.45) is 0 Å². The van der Waals surface area contributed by atoms with E-state index in [0.717, 1.165) is 22.6 Å². The molecule has 0 bridgehead atoms. The summed E-state index contributed by atoms with van der Waals surface area (Å²) < 4.78 is 5.24. The zero-order valence-corrected chi connectivity index (χ0v) is 11.9. The molecule has 0 aliphatic carbocycles. The summed E-state index contributed by atoms with van der Waals surface area (Å²) in [6, 6.07) is 13.2. The highest BCUT2D eigenvalue weighted by Crippen LogP contribution is 2.32. The third kappa shape index (κ3) is 3.87. The number of hydrogen-bond acceptors (Lipinski definition) is 5. The van der Waals surface area contributed by atoms with Gasteiger partial charge in [0.2, 0.25) is 0 Å². The zero-order chi connectivity index (χ0) is 15.2. The van der Waals surface area contributed by atoms with Crippen LogP contribution in [0.15, 0.2) is 42.5 Å². The second-order valence-electron chi connectivity index (χ2n) is 4.75. The lowest BCUT2D eigenvalue weighted by Crippen LogP contribution is -2.23. The van der Waals surface area contributed by atoms with Crippen LogP contribution in [0, 0.1) is 0 Å². The van der Waals surface area contributed by atoms with Crippen LogP contribution in [0.2, 0.25) is 0 Å². The van der Waals surface area contributed by atoms with Gasteiger partial charge in [-0.15, -0.1) is 0 Å². The normalized spacial score (nSPS) is 12.0. The lowest BCUT2D eigenvalue weighted by Gasteiger charge is -2.15. The maximum Gasteiger partial charge on any atom is 0.119 e. The van der Waals surface area contributed by atoms with Crippen molar-refractivity contribution in [3.8, 4) is 16.9 Å². The number of nitrogens with one attached hydrogen (secondary N) is 1. The molecule has 21 heavy (non-hydrogen) atoms. The van der Waals surface area contributed by atoms with Gasteiger partial charge < -0.3 is 26.0 Å². The van der Waals surface area contributed by atoms with Gasteiger partial charge in [0.1, 0.15) is 5.75 Å². The molecule has 0 aliphatic rings. The number of ether oxygens (including phenoxy) is 1. The van der Waals surface area contributed by atoms with E-state index in [9.17, 15) is 5.11 Å². The van der Waals surface area contributed by atoms with Gasteiger partial charge in [-0.3, -0.25) is 0 Å². The van der Waals surface area contributed by atoms with Gasteiger partial charge in [-0.05, 0) is 35.9 Å². The molecule has 5 heteroatoms. The number of hydrogen-bond donors (Lipinski definition) is 4. The Kier molecular flexibility index (Phi) is 5.03. The van der Waals surface area contributed by atoms with E-state index in [2.05, 4.69) is 5.32 Å². The van der Waals surface area contributed by atoms with Crippen LogP contribution in [0.25, 0.3) is 11.1 Å². The SMILES string of the molecule is COc1cccc(-c2cc(N)ccc2NCC(O)CO)c1. The third-order valence-corrected chi connectivity index (χ3v) is 3.16. The molecule has 2 rings (SSSR count). The summed E-state index contributed by atoms with van der Waals surface area (Å²) in [4.78, 5) is 0. The van der Waals surface area contributed by atoms with Gasteiger partial charge >= 0.3 is 0 Å². The maximum atomic E-state index is 9.46. The molecule has 0 aliphatic heterocycles. The molecular formula is C16H20N2O3. The van der Waals surface area contributed by atoms with Gasteiger partial charge in [0.05, 0.1) is 19.8 Å². The predicted molar refractivity (Wildman–Crippen MR) is 84.4 cm³/mol. The Hall–Kier alpha value is -2.24. The van der Waals surface area contributed by atoms with Gasteiger partial charge in [0.15, 0.2) is 0 Å². The molecule has 112 valence electrons. The molecular weight excluding hydrogens is 268 g/mol. The first-order valence-electron chi connectivity index (χ1n) is 6.70. The fourth-order valence-corrected chi connectivity index (χ4v) is 2.04. The number of methoxy groups -OCH3 is 1. The largest absolute Gasteiger partial charge is 0.497 e. The fourth-order valence-electron chi connectivity index (χ4n) is 2.04. The summed E-state index contributed by atoms with van der Waals surface area (Å²) in [5.41, 5.74) is 9.24. The molecule has 5 nitrogen and oxygen atoms in total. The lowest BCUT2D eigenvalue weighted by atomic mass is 10.0. The smallest absolute Gasteiger partial charge is 0.119 e. The Balaban J connectivity index is 2.34. The van der Waals surface area contributed by atoms with E-state index in [1.54, 1.807) is 13.2 Å². The highest BCUT2D eigenvalue weighted by atomic mass is 16.5. The highest BCUT2D eigenvalue weighted by Gasteiger charge is 2.09. The summed E-state index contributed by atoms with van der Waals surface area (Å²) >= 11 is 0. The average Bonchev–Trinajstić information content (AvgIpc) is 2.53. The molecule has 0 heterocycles. The number of aliphatic hydroxyl groups is 2. The van der Waals surface area contributed by atoms with Crippen molar-refractivity contribution in [2.45, 2.75) is 6.10 Å². The van der Waals surface area contributed by atoms with Crippen LogP contribution in [0.3, 0.4) is 0 Å².